The minimum absolute atomic E-state index is 0.318. The molecule has 0 unspecified atom stereocenters. The Kier molecular flexibility index (Phi) is 5.12. The number of aromatic amines is 1. The van der Waals surface area contributed by atoms with E-state index < -0.39 is 0 Å². The molecule has 0 atom stereocenters. The Balaban J connectivity index is 1.17. The van der Waals surface area contributed by atoms with Crippen LogP contribution in [0.3, 0.4) is 0 Å². The quantitative estimate of drug-likeness (QED) is 0.438. The van der Waals surface area contributed by atoms with Crippen LogP contribution < -0.4 is 4.74 Å². The standard InChI is InChI=1S/C28H34N6O2/c1-17(2)24-25(19-10-23(35-3)27-29-16-30-34(27)11-19)32-22-9-8-21(31-26(22)24)18-4-6-20(7-5-18)33-12-28(13-33)14-36-15-28/h8-11,16-18,20,32H,4-7,12-15H2,1-3H3. The molecule has 1 aliphatic carbocycles. The summed E-state index contributed by atoms with van der Waals surface area (Å²) in [6.45, 7) is 8.90. The van der Waals surface area contributed by atoms with Crippen LogP contribution in [-0.2, 0) is 4.74 Å². The molecule has 3 fully saturated rings. The van der Waals surface area contributed by atoms with Crippen LogP contribution in [0.25, 0.3) is 27.9 Å². The van der Waals surface area contributed by atoms with Crippen LogP contribution >= 0.6 is 0 Å². The van der Waals surface area contributed by atoms with Crippen LogP contribution in [0, 0.1) is 5.41 Å². The molecule has 8 nitrogen and oxygen atoms in total. The van der Waals surface area contributed by atoms with Crippen molar-refractivity contribution in [2.75, 3.05) is 33.4 Å². The fourth-order valence-electron chi connectivity index (χ4n) is 6.68. The molecule has 1 N–H and O–H groups in total. The number of H-pyrrole nitrogens is 1. The van der Waals surface area contributed by atoms with E-state index in [0.717, 1.165) is 41.5 Å². The molecule has 0 bridgehead atoms. The molecule has 36 heavy (non-hydrogen) atoms. The van der Waals surface area contributed by atoms with Crippen molar-refractivity contribution in [2.24, 2.45) is 5.41 Å². The van der Waals surface area contributed by atoms with Crippen molar-refractivity contribution in [1.29, 1.82) is 0 Å². The Morgan fingerprint density at radius 3 is 2.64 bits per heavy atom. The van der Waals surface area contributed by atoms with Gasteiger partial charge >= 0.3 is 0 Å². The molecule has 2 aliphatic heterocycles. The SMILES string of the molecule is COc1cc(-c2[nH]c3ccc(C4CCC(N5CC6(COC6)C5)CC4)nc3c2C(C)C)cn2ncnc12. The number of pyridine rings is 2. The third-order valence-electron chi connectivity index (χ3n) is 8.65. The average Bonchev–Trinajstić information content (AvgIpc) is 3.46. The van der Waals surface area contributed by atoms with Crippen LogP contribution in [0.4, 0.5) is 0 Å². The van der Waals surface area contributed by atoms with E-state index in [1.54, 1.807) is 18.0 Å². The first-order valence-electron chi connectivity index (χ1n) is 13.3. The van der Waals surface area contributed by atoms with Crippen LogP contribution in [0.15, 0.2) is 30.7 Å². The van der Waals surface area contributed by atoms with Gasteiger partial charge in [-0.05, 0) is 49.8 Å². The first-order valence-corrected chi connectivity index (χ1v) is 13.3. The van der Waals surface area contributed by atoms with E-state index in [1.807, 2.05) is 12.3 Å². The number of rotatable bonds is 5. The molecule has 7 rings (SSSR count). The summed E-state index contributed by atoms with van der Waals surface area (Å²) in [6.07, 6.45) is 8.55. The Morgan fingerprint density at radius 2 is 1.94 bits per heavy atom. The maximum atomic E-state index is 5.62. The molecule has 2 saturated heterocycles. The predicted octanol–water partition coefficient (Wildman–Crippen LogP) is 4.76. The van der Waals surface area contributed by atoms with Crippen molar-refractivity contribution < 1.29 is 9.47 Å². The molecule has 0 amide bonds. The van der Waals surface area contributed by atoms with E-state index in [2.05, 4.69) is 45.9 Å². The Hall–Kier alpha value is -2.97. The lowest BCUT2D eigenvalue weighted by molar-refractivity contribution is -0.200. The number of aromatic nitrogens is 5. The molecule has 1 spiro atoms. The number of methoxy groups -OCH3 is 1. The molecule has 0 radical (unpaired) electrons. The van der Waals surface area contributed by atoms with Gasteiger partial charge in [0.15, 0.2) is 11.4 Å². The van der Waals surface area contributed by atoms with Gasteiger partial charge in [0.05, 0.1) is 37.1 Å². The third-order valence-corrected chi connectivity index (χ3v) is 8.65. The molecule has 0 aromatic carbocycles. The number of hydrogen-bond acceptors (Lipinski definition) is 6. The lowest BCUT2D eigenvalue weighted by Gasteiger charge is -2.58. The lowest BCUT2D eigenvalue weighted by atomic mass is 9.74. The maximum absolute atomic E-state index is 5.62. The van der Waals surface area contributed by atoms with Crippen LogP contribution in [-0.4, -0.2) is 68.9 Å². The highest BCUT2D eigenvalue weighted by atomic mass is 16.5. The minimum atomic E-state index is 0.318. The van der Waals surface area contributed by atoms with Gasteiger partial charge in [-0.25, -0.2) is 9.50 Å². The van der Waals surface area contributed by atoms with E-state index in [4.69, 9.17) is 14.5 Å². The van der Waals surface area contributed by atoms with Gasteiger partial charge in [0.2, 0.25) is 0 Å². The van der Waals surface area contributed by atoms with E-state index in [1.165, 1.54) is 50.0 Å². The predicted molar refractivity (Wildman–Crippen MR) is 139 cm³/mol. The van der Waals surface area contributed by atoms with E-state index >= 15 is 0 Å². The topological polar surface area (TPSA) is 80.6 Å². The number of nitrogens with zero attached hydrogens (tertiary/aromatic N) is 5. The minimum Gasteiger partial charge on any atom is -0.493 e. The van der Waals surface area contributed by atoms with Gasteiger partial charge in [-0.1, -0.05) is 13.8 Å². The number of ether oxygens (including phenoxy) is 2. The number of fused-ring (bicyclic) bond motifs is 2. The normalized spacial score (nSPS) is 23.9. The van der Waals surface area contributed by atoms with Crippen molar-refractivity contribution in [3.05, 3.63) is 42.0 Å². The molecule has 8 heteroatoms. The summed E-state index contributed by atoms with van der Waals surface area (Å²) in [7, 11) is 1.67. The largest absolute Gasteiger partial charge is 0.493 e. The van der Waals surface area contributed by atoms with Crippen molar-refractivity contribution in [3.63, 3.8) is 0 Å². The fraction of sp³-hybridized carbons (Fsp3) is 0.536. The molecular formula is C28H34N6O2. The lowest BCUT2D eigenvalue weighted by Crippen LogP contribution is -2.68. The van der Waals surface area contributed by atoms with Crippen molar-refractivity contribution in [3.8, 4) is 17.0 Å². The summed E-state index contributed by atoms with van der Waals surface area (Å²) >= 11 is 0. The van der Waals surface area contributed by atoms with Gasteiger partial charge in [0, 0.05) is 53.5 Å². The fourth-order valence-corrected chi connectivity index (χ4v) is 6.68. The third kappa shape index (κ3) is 3.45. The molecular weight excluding hydrogens is 452 g/mol. The Labute approximate surface area is 211 Å². The first-order chi connectivity index (χ1) is 17.5. The van der Waals surface area contributed by atoms with Crippen molar-refractivity contribution >= 4 is 16.7 Å². The van der Waals surface area contributed by atoms with Gasteiger partial charge in [-0.15, -0.1) is 0 Å². The second-order valence-corrected chi connectivity index (χ2v) is 11.4. The monoisotopic (exact) mass is 486 g/mol. The Bertz CT molecular complexity index is 1420. The van der Waals surface area contributed by atoms with Gasteiger partial charge in [-0.3, -0.25) is 9.88 Å². The molecule has 3 aliphatic rings. The van der Waals surface area contributed by atoms with E-state index in [-0.39, 0.29) is 0 Å². The molecule has 4 aromatic heterocycles. The number of nitrogens with one attached hydrogen (secondary N) is 1. The summed E-state index contributed by atoms with van der Waals surface area (Å²) in [5.74, 6) is 1.57. The number of likely N-dealkylation sites (tertiary alicyclic amines) is 1. The highest BCUT2D eigenvalue weighted by Crippen LogP contribution is 2.43. The summed E-state index contributed by atoms with van der Waals surface area (Å²) in [5, 5.41) is 4.35. The zero-order chi connectivity index (χ0) is 24.4. The molecule has 4 aromatic rings. The van der Waals surface area contributed by atoms with Crippen molar-refractivity contribution in [1.82, 2.24) is 29.5 Å². The average molecular weight is 487 g/mol. The summed E-state index contributed by atoms with van der Waals surface area (Å²) in [6, 6.07) is 7.24. The highest BCUT2D eigenvalue weighted by molar-refractivity contribution is 5.89. The van der Waals surface area contributed by atoms with E-state index in [0.29, 0.717) is 28.6 Å². The number of hydrogen-bond donors (Lipinski definition) is 1. The first kappa shape index (κ1) is 22.2. The van der Waals surface area contributed by atoms with Gasteiger partial charge in [0.1, 0.15) is 6.33 Å². The second kappa shape index (κ2) is 8.28. The van der Waals surface area contributed by atoms with Crippen LogP contribution in [0.5, 0.6) is 5.75 Å². The van der Waals surface area contributed by atoms with Crippen LogP contribution in [0.2, 0.25) is 0 Å². The molecule has 6 heterocycles. The van der Waals surface area contributed by atoms with Gasteiger partial charge in [0.25, 0.3) is 0 Å². The van der Waals surface area contributed by atoms with E-state index in [9.17, 15) is 0 Å². The zero-order valence-electron chi connectivity index (χ0n) is 21.3. The van der Waals surface area contributed by atoms with Crippen molar-refractivity contribution in [2.45, 2.75) is 57.4 Å². The second-order valence-electron chi connectivity index (χ2n) is 11.4. The van der Waals surface area contributed by atoms with Gasteiger partial charge in [-0.2, -0.15) is 5.10 Å². The van der Waals surface area contributed by atoms with Gasteiger partial charge < -0.3 is 14.5 Å². The smallest absolute Gasteiger partial charge is 0.197 e. The summed E-state index contributed by atoms with van der Waals surface area (Å²) < 4.78 is 12.9. The van der Waals surface area contributed by atoms with Crippen LogP contribution in [0.1, 0.15) is 62.6 Å². The summed E-state index contributed by atoms with van der Waals surface area (Å²) in [5.41, 5.74) is 7.98. The molecule has 1 saturated carbocycles. The highest BCUT2D eigenvalue weighted by Gasteiger charge is 2.50. The maximum Gasteiger partial charge on any atom is 0.197 e. The molecule has 188 valence electrons. The summed E-state index contributed by atoms with van der Waals surface area (Å²) in [4.78, 5) is 16.0. The Morgan fingerprint density at radius 1 is 1.14 bits per heavy atom. The zero-order valence-corrected chi connectivity index (χ0v) is 21.3.